The van der Waals surface area contributed by atoms with Crippen molar-refractivity contribution in [1.82, 2.24) is 10.2 Å². The van der Waals surface area contributed by atoms with Crippen molar-refractivity contribution < 1.29 is 14.7 Å². The molecule has 1 atom stereocenters. The highest BCUT2D eigenvalue weighted by molar-refractivity contribution is 7.10. The number of amides is 2. The van der Waals surface area contributed by atoms with Gasteiger partial charge in [-0.2, -0.15) is 0 Å². The summed E-state index contributed by atoms with van der Waals surface area (Å²) in [7, 11) is 1.60. The van der Waals surface area contributed by atoms with Gasteiger partial charge in [-0.1, -0.05) is 13.8 Å². The molecular formula is C13H20N2O3S. The summed E-state index contributed by atoms with van der Waals surface area (Å²) >= 11 is 1.62. The first kappa shape index (κ1) is 15.5. The van der Waals surface area contributed by atoms with E-state index in [0.717, 1.165) is 11.3 Å². The highest BCUT2D eigenvalue weighted by Gasteiger charge is 2.17. The van der Waals surface area contributed by atoms with Gasteiger partial charge < -0.3 is 15.3 Å². The van der Waals surface area contributed by atoms with Gasteiger partial charge in [-0.15, -0.1) is 11.3 Å². The van der Waals surface area contributed by atoms with Crippen LogP contribution in [0.1, 0.15) is 24.3 Å². The lowest BCUT2D eigenvalue weighted by Gasteiger charge is -2.20. The number of thiophene rings is 1. The summed E-state index contributed by atoms with van der Waals surface area (Å²) in [6.45, 7) is 4.35. The quantitative estimate of drug-likeness (QED) is 0.841. The number of hydrogen-bond donors (Lipinski definition) is 2. The summed E-state index contributed by atoms with van der Waals surface area (Å²) in [5.74, 6) is -1.46. The molecule has 0 aliphatic rings. The first-order valence-corrected chi connectivity index (χ1v) is 7.10. The van der Waals surface area contributed by atoms with Crippen LogP contribution in [0, 0.1) is 5.92 Å². The van der Waals surface area contributed by atoms with Crippen LogP contribution in [0.3, 0.4) is 0 Å². The molecule has 1 unspecified atom stereocenters. The number of rotatable bonds is 6. The van der Waals surface area contributed by atoms with Crippen LogP contribution in [0.25, 0.3) is 0 Å². The van der Waals surface area contributed by atoms with Crippen molar-refractivity contribution in [3.63, 3.8) is 0 Å². The predicted octanol–water partition coefficient (Wildman–Crippen LogP) is 2.17. The molecule has 0 aliphatic carbocycles. The second-order valence-electron chi connectivity index (χ2n) is 4.50. The van der Waals surface area contributed by atoms with Crippen molar-refractivity contribution >= 4 is 23.3 Å². The fraction of sp³-hybridized carbons (Fsp3) is 0.538. The van der Waals surface area contributed by atoms with E-state index in [1.54, 1.807) is 25.3 Å². The normalized spacial score (nSPS) is 11.9. The van der Waals surface area contributed by atoms with Gasteiger partial charge >= 0.3 is 12.0 Å². The third kappa shape index (κ3) is 4.55. The molecule has 0 aliphatic heterocycles. The zero-order valence-electron chi connectivity index (χ0n) is 11.5. The molecule has 0 spiro atoms. The lowest BCUT2D eigenvalue weighted by molar-refractivity contribution is -0.141. The number of nitrogens with zero attached hydrogens (tertiary/aromatic N) is 1. The second kappa shape index (κ2) is 7.13. The molecule has 19 heavy (non-hydrogen) atoms. The summed E-state index contributed by atoms with van der Waals surface area (Å²) in [6.07, 6.45) is 0.945. The molecule has 0 radical (unpaired) electrons. The van der Waals surface area contributed by atoms with Gasteiger partial charge in [0.1, 0.15) is 0 Å². The van der Waals surface area contributed by atoms with E-state index >= 15 is 0 Å². The number of carboxylic acid groups (broad SMARTS) is 1. The van der Waals surface area contributed by atoms with Crippen LogP contribution in [-0.2, 0) is 17.8 Å². The van der Waals surface area contributed by atoms with Gasteiger partial charge in [-0.3, -0.25) is 4.79 Å². The van der Waals surface area contributed by atoms with E-state index in [-0.39, 0.29) is 12.6 Å². The first-order chi connectivity index (χ1) is 8.95. The molecule has 2 amide bonds. The highest BCUT2D eigenvalue weighted by atomic mass is 32.1. The maximum atomic E-state index is 11.8. The Morgan fingerprint density at radius 3 is 2.79 bits per heavy atom. The Morgan fingerprint density at radius 1 is 1.53 bits per heavy atom. The molecule has 2 N–H and O–H groups in total. The van der Waals surface area contributed by atoms with Crippen molar-refractivity contribution in [2.75, 3.05) is 13.6 Å². The standard InChI is InChI=1S/C13H20N2O3S/c1-4-10-5-6-19-11(10)7-14-13(18)15(3)8-9(2)12(16)17/h5-6,9H,4,7-8H2,1-3H3,(H,14,18)(H,16,17). The van der Waals surface area contributed by atoms with Gasteiger partial charge in [0.2, 0.25) is 0 Å². The van der Waals surface area contributed by atoms with Crippen molar-refractivity contribution in [3.8, 4) is 0 Å². The molecule has 0 saturated carbocycles. The third-order valence-electron chi connectivity index (χ3n) is 2.93. The van der Waals surface area contributed by atoms with Gasteiger partial charge in [-0.25, -0.2) is 4.79 Å². The minimum absolute atomic E-state index is 0.201. The van der Waals surface area contributed by atoms with E-state index < -0.39 is 11.9 Å². The maximum absolute atomic E-state index is 11.8. The molecule has 0 fully saturated rings. The molecule has 1 heterocycles. The summed E-state index contributed by atoms with van der Waals surface area (Å²) < 4.78 is 0. The molecule has 5 nitrogen and oxygen atoms in total. The monoisotopic (exact) mass is 284 g/mol. The lowest BCUT2D eigenvalue weighted by atomic mass is 10.2. The number of aliphatic carboxylic acids is 1. The lowest BCUT2D eigenvalue weighted by Crippen LogP contribution is -2.40. The zero-order chi connectivity index (χ0) is 14.4. The van der Waals surface area contributed by atoms with Crippen LogP contribution in [0.2, 0.25) is 0 Å². The fourth-order valence-electron chi connectivity index (χ4n) is 1.70. The Balaban J connectivity index is 2.45. The molecule has 106 valence electrons. The Morgan fingerprint density at radius 2 is 2.21 bits per heavy atom. The Kier molecular flexibility index (Phi) is 5.82. The van der Waals surface area contributed by atoms with E-state index in [4.69, 9.17) is 5.11 Å². The molecule has 1 rings (SSSR count). The van der Waals surface area contributed by atoms with Crippen molar-refractivity contribution in [2.24, 2.45) is 5.92 Å². The second-order valence-corrected chi connectivity index (χ2v) is 5.50. The number of carbonyl (C=O) groups excluding carboxylic acids is 1. The van der Waals surface area contributed by atoms with Crippen LogP contribution in [-0.4, -0.2) is 35.6 Å². The van der Waals surface area contributed by atoms with Gasteiger partial charge in [0, 0.05) is 18.5 Å². The SMILES string of the molecule is CCc1ccsc1CNC(=O)N(C)CC(C)C(=O)O. The van der Waals surface area contributed by atoms with Crippen LogP contribution >= 0.6 is 11.3 Å². The van der Waals surface area contributed by atoms with Crippen molar-refractivity contribution in [3.05, 3.63) is 21.9 Å². The number of hydrogen-bond acceptors (Lipinski definition) is 3. The molecule has 0 saturated heterocycles. The zero-order valence-corrected chi connectivity index (χ0v) is 12.3. The highest BCUT2D eigenvalue weighted by Crippen LogP contribution is 2.16. The largest absolute Gasteiger partial charge is 0.481 e. The first-order valence-electron chi connectivity index (χ1n) is 6.22. The summed E-state index contributed by atoms with van der Waals surface area (Å²) in [6, 6.07) is 1.81. The number of carboxylic acids is 1. The van der Waals surface area contributed by atoms with Gasteiger partial charge in [0.25, 0.3) is 0 Å². The molecule has 6 heteroatoms. The molecule has 1 aromatic rings. The number of nitrogens with one attached hydrogen (secondary N) is 1. The maximum Gasteiger partial charge on any atom is 0.317 e. The summed E-state index contributed by atoms with van der Waals surface area (Å²) in [5.41, 5.74) is 1.24. The average molecular weight is 284 g/mol. The van der Waals surface area contributed by atoms with E-state index in [1.165, 1.54) is 10.5 Å². The van der Waals surface area contributed by atoms with Crippen molar-refractivity contribution in [1.29, 1.82) is 0 Å². The number of urea groups is 1. The molecule has 1 aromatic heterocycles. The smallest absolute Gasteiger partial charge is 0.317 e. The van der Waals surface area contributed by atoms with Crippen LogP contribution < -0.4 is 5.32 Å². The Hall–Kier alpha value is -1.56. The fourth-order valence-corrected chi connectivity index (χ4v) is 2.62. The Labute approximate surface area is 117 Å². The topological polar surface area (TPSA) is 69.6 Å². The van der Waals surface area contributed by atoms with E-state index in [0.29, 0.717) is 6.54 Å². The average Bonchev–Trinajstić information content (AvgIpc) is 2.82. The van der Waals surface area contributed by atoms with E-state index in [2.05, 4.69) is 18.3 Å². The van der Waals surface area contributed by atoms with Gasteiger partial charge in [0.05, 0.1) is 12.5 Å². The summed E-state index contributed by atoms with van der Waals surface area (Å²) in [5, 5.41) is 13.6. The van der Waals surface area contributed by atoms with E-state index in [1.807, 2.05) is 5.38 Å². The van der Waals surface area contributed by atoms with Crippen molar-refractivity contribution in [2.45, 2.75) is 26.8 Å². The summed E-state index contributed by atoms with van der Waals surface area (Å²) in [4.78, 5) is 25.1. The minimum atomic E-state index is -0.897. The van der Waals surface area contributed by atoms with Crippen LogP contribution in [0.4, 0.5) is 4.79 Å². The van der Waals surface area contributed by atoms with E-state index in [9.17, 15) is 9.59 Å². The number of carbonyl (C=O) groups is 2. The van der Waals surface area contributed by atoms with Crippen LogP contribution in [0.5, 0.6) is 0 Å². The molecular weight excluding hydrogens is 264 g/mol. The third-order valence-corrected chi connectivity index (χ3v) is 3.90. The minimum Gasteiger partial charge on any atom is -0.481 e. The molecule has 0 aromatic carbocycles. The van der Waals surface area contributed by atoms with Gasteiger partial charge in [-0.05, 0) is 23.4 Å². The van der Waals surface area contributed by atoms with Gasteiger partial charge in [0.15, 0.2) is 0 Å². The predicted molar refractivity (Wildman–Crippen MR) is 75.4 cm³/mol. The van der Waals surface area contributed by atoms with Crippen LogP contribution in [0.15, 0.2) is 11.4 Å². The Bertz CT molecular complexity index is 445. The number of aryl methyl sites for hydroxylation is 1. The molecule has 0 bridgehead atoms.